The molecule has 1 aromatic heterocycles. The van der Waals surface area contributed by atoms with Crippen molar-refractivity contribution in [2.45, 2.75) is 56.7 Å². The van der Waals surface area contributed by atoms with Gasteiger partial charge in [0.1, 0.15) is 77.3 Å². The van der Waals surface area contributed by atoms with Crippen LogP contribution in [-0.4, -0.2) is 79.5 Å². The number of nitriles is 4. The zero-order valence-corrected chi connectivity index (χ0v) is 51.9. The van der Waals surface area contributed by atoms with Gasteiger partial charge in [0.15, 0.2) is 21.2 Å². The van der Waals surface area contributed by atoms with Gasteiger partial charge in [0.2, 0.25) is 0 Å². The second-order valence-electron chi connectivity index (χ2n) is 21.1. The predicted octanol–water partition coefficient (Wildman–Crippen LogP) is 10.8. The van der Waals surface area contributed by atoms with Crippen molar-refractivity contribution < 1.29 is 57.2 Å². The summed E-state index contributed by atoms with van der Waals surface area (Å²) in [5.41, 5.74) is -2.60. The Balaban J connectivity index is 1.00. The van der Waals surface area contributed by atoms with Crippen LogP contribution in [0.3, 0.4) is 0 Å². The van der Waals surface area contributed by atoms with Crippen molar-refractivity contribution in [1.29, 1.82) is 21.0 Å². The van der Waals surface area contributed by atoms with Gasteiger partial charge in [-0.25, -0.2) is 29.2 Å². The molecule has 2 amide bonds. The summed E-state index contributed by atoms with van der Waals surface area (Å²) in [5, 5.41) is 38.8. The standard InChI is InChI=1S/C68H48N8O12S4/c1-3-75-59(77)57(91-61(75)45(31-69)32-70)73-53-29-49-55(89-53)47-25-43-28-52-48(26-44(43)27-51(47)87-67(49,63(79)83-35-39-17-9-5-10-18-39)64(80)84-36-40-19-11-6-12-20-40)56-50(30-54(90-56)74-58-60(78)76(4-2)62(92-58)46(33-71)34-72)68(88-52,65(81)85-37-41-21-13-7-14-22-41)66(82)86-38-42-23-15-8-16-24-42/h5-30,43-44,49,55H,3-4,35-38H2,1-2H3. The molecule has 5 aromatic rings. The smallest absolute Gasteiger partial charge is 0.367 e. The fourth-order valence-corrected chi connectivity index (χ4v) is 15.9. The van der Waals surface area contributed by atoms with E-state index in [1.165, 1.54) is 15.9 Å². The van der Waals surface area contributed by atoms with E-state index in [1.54, 1.807) is 153 Å². The molecule has 0 radical (unpaired) electrons. The molecule has 5 aliphatic heterocycles. The van der Waals surface area contributed by atoms with Crippen molar-refractivity contribution in [3.63, 3.8) is 0 Å². The number of benzene rings is 4. The van der Waals surface area contributed by atoms with E-state index in [0.29, 0.717) is 33.4 Å². The van der Waals surface area contributed by atoms with Crippen LogP contribution in [0.2, 0.25) is 0 Å². The summed E-state index contributed by atoms with van der Waals surface area (Å²) >= 11 is 3.81. The topological polar surface area (TPSA) is 284 Å². The summed E-state index contributed by atoms with van der Waals surface area (Å²) in [5.74, 6) is -8.05. The van der Waals surface area contributed by atoms with Gasteiger partial charge >= 0.3 is 35.1 Å². The lowest BCUT2D eigenvalue weighted by Crippen LogP contribution is -2.60. The van der Waals surface area contributed by atoms with Crippen LogP contribution >= 0.6 is 46.6 Å². The van der Waals surface area contributed by atoms with Crippen molar-refractivity contribution in [1.82, 2.24) is 9.80 Å². The molecule has 92 heavy (non-hydrogen) atoms. The number of hydrogen-bond acceptors (Lipinski definition) is 22. The van der Waals surface area contributed by atoms with E-state index in [0.717, 1.165) is 46.6 Å². The first-order valence-corrected chi connectivity index (χ1v) is 32.0. The Morgan fingerprint density at radius 2 is 0.989 bits per heavy atom. The van der Waals surface area contributed by atoms with Gasteiger partial charge in [0.25, 0.3) is 11.8 Å². The first kappa shape index (κ1) is 61.8. The Hall–Kier alpha value is -10.5. The molecule has 7 aliphatic rings. The number of rotatable bonds is 16. The van der Waals surface area contributed by atoms with E-state index >= 15 is 19.2 Å². The van der Waals surface area contributed by atoms with Gasteiger partial charge in [-0.15, -0.1) is 11.3 Å². The van der Waals surface area contributed by atoms with Gasteiger partial charge in [-0.3, -0.25) is 19.4 Å². The number of hydrogen-bond donors (Lipinski definition) is 0. The third kappa shape index (κ3) is 11.4. The van der Waals surface area contributed by atoms with E-state index in [4.69, 9.17) is 38.4 Å². The predicted molar refractivity (Wildman–Crippen MR) is 339 cm³/mol. The van der Waals surface area contributed by atoms with Crippen LogP contribution in [0.15, 0.2) is 211 Å². The Bertz CT molecular complexity index is 4270. The van der Waals surface area contributed by atoms with E-state index in [2.05, 4.69) is 0 Å². The lowest BCUT2D eigenvalue weighted by atomic mass is 9.72. The Kier molecular flexibility index (Phi) is 17.6. The molecule has 0 bridgehead atoms. The summed E-state index contributed by atoms with van der Waals surface area (Å²) in [6, 6.07) is 44.2. The summed E-state index contributed by atoms with van der Waals surface area (Å²) in [6.45, 7) is 2.50. The molecular formula is C68H48N8O12S4. The molecule has 24 heteroatoms. The number of thiophene rings is 1. The summed E-state index contributed by atoms with van der Waals surface area (Å²) < 4.78 is 38.1. The SMILES string of the molecule is CCN1C(=O)C(=NC2=CC3C(S2)C2=CC4C=C5OC(C(=O)OCc6ccccc6)(C(=O)OCc6ccccc6)c6cc(N=C7SC(=C(C#N)C#N)N(CC)C7=O)sc6C5=CC4C=C2OC3(C(=O)OCc2ccccc2)C(=O)OCc2ccccc2)SC1=C(C#N)C#N. The summed E-state index contributed by atoms with van der Waals surface area (Å²) in [6.07, 6.45) is 8.71. The van der Waals surface area contributed by atoms with Gasteiger partial charge in [0, 0.05) is 46.5 Å². The summed E-state index contributed by atoms with van der Waals surface area (Å²) in [4.78, 5) is 102. The highest BCUT2D eigenvalue weighted by Crippen LogP contribution is 2.59. The number of ether oxygens (including phenoxy) is 6. The number of carbonyl (C=O) groups excluding carboxylic acids is 6. The number of nitrogens with zero attached hydrogens (tertiary/aromatic N) is 8. The summed E-state index contributed by atoms with van der Waals surface area (Å²) in [7, 11) is 0. The minimum Gasteiger partial charge on any atom is -0.463 e. The molecule has 3 fully saturated rings. The quantitative estimate of drug-likeness (QED) is 0.0384. The van der Waals surface area contributed by atoms with Gasteiger partial charge in [0.05, 0.1) is 16.2 Å². The monoisotopic (exact) mass is 1300 g/mol. The van der Waals surface area contributed by atoms with Crippen molar-refractivity contribution in [2.75, 3.05) is 13.1 Å². The van der Waals surface area contributed by atoms with Crippen molar-refractivity contribution >= 4 is 103 Å². The molecule has 456 valence electrons. The molecule has 0 N–H and O–H groups in total. The first-order valence-electron chi connectivity index (χ1n) is 28.6. The Labute approximate surface area is 543 Å². The normalized spacial score (nSPS) is 21.0. The number of fused-ring (bicyclic) bond motifs is 7. The highest BCUT2D eigenvalue weighted by Gasteiger charge is 2.66. The van der Waals surface area contributed by atoms with Crippen LogP contribution in [0.1, 0.15) is 46.5 Å². The van der Waals surface area contributed by atoms with Gasteiger partial charge in [-0.1, -0.05) is 145 Å². The lowest BCUT2D eigenvalue weighted by Gasteiger charge is -2.45. The number of carbonyl (C=O) groups is 6. The van der Waals surface area contributed by atoms with Crippen LogP contribution in [0, 0.1) is 63.1 Å². The first-order chi connectivity index (χ1) is 44.7. The Morgan fingerprint density at radius 1 is 0.554 bits per heavy atom. The fraction of sp³-hybridized carbons (Fsp3) is 0.206. The molecule has 0 spiro atoms. The van der Waals surface area contributed by atoms with E-state index < -0.39 is 69.9 Å². The molecule has 12 rings (SSSR count). The van der Waals surface area contributed by atoms with Crippen LogP contribution < -0.4 is 0 Å². The van der Waals surface area contributed by atoms with Crippen LogP contribution in [0.4, 0.5) is 5.00 Å². The highest BCUT2D eigenvalue weighted by atomic mass is 32.2. The minimum atomic E-state index is -2.67. The molecule has 3 saturated heterocycles. The van der Waals surface area contributed by atoms with Crippen molar-refractivity contribution in [2.24, 2.45) is 27.7 Å². The molecule has 2 aliphatic carbocycles. The highest BCUT2D eigenvalue weighted by molar-refractivity contribution is 8.20. The number of amides is 2. The minimum absolute atomic E-state index is 0.0338. The largest absolute Gasteiger partial charge is 0.463 e. The second kappa shape index (κ2) is 26.2. The van der Waals surface area contributed by atoms with Crippen molar-refractivity contribution in [3.05, 3.63) is 234 Å². The van der Waals surface area contributed by atoms with E-state index in [1.807, 2.05) is 36.4 Å². The Morgan fingerprint density at radius 3 is 1.45 bits per heavy atom. The van der Waals surface area contributed by atoms with Crippen molar-refractivity contribution in [3.8, 4) is 24.3 Å². The molecule has 0 saturated carbocycles. The third-order valence-electron chi connectivity index (χ3n) is 15.7. The second-order valence-corrected chi connectivity index (χ2v) is 25.3. The molecule has 4 unspecified atom stereocenters. The van der Waals surface area contributed by atoms with Gasteiger partial charge < -0.3 is 28.4 Å². The molecule has 4 atom stereocenters. The average molecular weight is 1300 g/mol. The van der Waals surface area contributed by atoms with E-state index in [-0.39, 0.29) is 103 Å². The number of allylic oxidation sites excluding steroid dienone is 8. The van der Waals surface area contributed by atoms with Crippen LogP contribution in [-0.2, 0) is 89.2 Å². The zero-order valence-electron chi connectivity index (χ0n) is 48.7. The molecular weight excluding hydrogens is 1250 g/mol. The van der Waals surface area contributed by atoms with Crippen LogP contribution in [0.5, 0.6) is 0 Å². The molecule has 4 aromatic carbocycles. The number of thioether (sulfide) groups is 3. The fourth-order valence-electron chi connectivity index (χ4n) is 11.2. The van der Waals surface area contributed by atoms with Crippen LogP contribution in [0.25, 0.3) is 5.57 Å². The third-order valence-corrected chi connectivity index (χ3v) is 20.1. The molecule has 6 heterocycles. The maximum atomic E-state index is 15.3. The number of aliphatic imine (C=N–C) groups is 2. The van der Waals surface area contributed by atoms with Gasteiger partial charge in [-0.2, -0.15) is 21.0 Å². The van der Waals surface area contributed by atoms with Gasteiger partial charge in [-0.05, 0) is 83.9 Å². The number of esters is 4. The maximum Gasteiger partial charge on any atom is 0.367 e. The van der Waals surface area contributed by atoms with E-state index in [9.17, 15) is 30.6 Å². The maximum absolute atomic E-state index is 15.3. The lowest BCUT2D eigenvalue weighted by molar-refractivity contribution is -0.195. The molecule has 20 nitrogen and oxygen atoms in total. The average Bonchev–Trinajstić information content (AvgIpc) is 1.28. The zero-order chi connectivity index (χ0) is 64.3.